The SMILES string of the molecule is C#CCOCCOCCOCCOCCC(=O)N(CC(=O)NCCOCCOCCOCCOCCOCCOCCOCCOCCOCCOCCOCCOC)CC(=O)NCCn1cc(COCCOCCOCCOCCOCCOCCOCCCCN[C@H]2CCN(c3nc4cc([C@@H]5CCCCN5C(=O)c5cc(Cl)ccc5NS(C)(=O)=O)nn4cc3C)C2)nn1. The maximum absolute atomic E-state index is 14.1. The standard InChI is InChI=1S/C86H144ClN13O29S/c1-5-21-108-27-31-113-37-39-115-33-29-110-23-14-84(103)97(71-83(102)90-17-24-111-30-34-116-40-42-119-46-48-121-51-52-123-55-56-125-58-57-124-54-53-122-50-49-120-44-43-117-36-35-112-26-25-107-3)70-82(101)89-16-20-98-69-76(92-95-98)72-129-64-63-128-62-61-127-60-59-126-47-45-118-41-38-114-32-28-109-22-9-7-15-88-75-13-19-96(68-75)85-73(2)67-100-81(91-85)66-79(93-100)80-10-6-8-18-99(80)86(104)77-65-74(87)11-12-78(77)94-130(4,105)106/h1,11-12,65-67,69,75,80,88,94H,6-10,13-64,68,70-72H2,2-4H3,(H,89,101)(H,90,102)/t75-,80-/m0/s1. The zero-order valence-corrected chi connectivity index (χ0v) is 78.1. The number of hydrogen-bond acceptors (Lipinski definition) is 35. The zero-order chi connectivity index (χ0) is 92.5. The summed E-state index contributed by atoms with van der Waals surface area (Å²) >= 11 is 6.30. The molecule has 3 aromatic heterocycles. The van der Waals surface area contributed by atoms with Gasteiger partial charge in [0, 0.05) is 75.3 Å². The van der Waals surface area contributed by atoms with Gasteiger partial charge in [0.1, 0.15) is 31.2 Å². The topological polar surface area (TPSA) is 433 Å². The highest BCUT2D eigenvalue weighted by atomic mass is 35.5. The van der Waals surface area contributed by atoms with E-state index in [-0.39, 0.29) is 109 Å². The van der Waals surface area contributed by atoms with Gasteiger partial charge >= 0.3 is 0 Å². The first-order chi connectivity index (χ1) is 63.7. The van der Waals surface area contributed by atoms with Gasteiger partial charge in [-0.1, -0.05) is 22.7 Å². The Balaban J connectivity index is 0.684. The molecule has 0 radical (unpaired) electrons. The van der Waals surface area contributed by atoms with Crippen LogP contribution in [-0.2, 0) is 147 Å². The Morgan fingerprint density at radius 1 is 0.523 bits per heavy atom. The number of benzene rings is 1. The maximum atomic E-state index is 14.1. The number of rotatable bonds is 87. The van der Waals surface area contributed by atoms with Crippen LogP contribution >= 0.6 is 11.6 Å². The quantitative estimate of drug-likeness (QED) is 0.0364. The lowest BCUT2D eigenvalue weighted by Crippen LogP contribution is -2.46. The first-order valence-electron chi connectivity index (χ1n) is 45.0. The number of carbonyl (C=O) groups is 4. The van der Waals surface area contributed by atoms with Crippen LogP contribution in [0.5, 0.6) is 0 Å². The summed E-state index contributed by atoms with van der Waals surface area (Å²) in [6, 6.07) is 6.54. The average molecular weight is 1890 g/mol. The number of hydrogen-bond donors (Lipinski definition) is 4. The van der Waals surface area contributed by atoms with Crippen LogP contribution in [0.25, 0.3) is 5.65 Å². The number of unbranched alkanes of at least 4 members (excludes halogenated alkanes) is 1. The van der Waals surface area contributed by atoms with E-state index in [1.165, 1.54) is 17.0 Å². The minimum Gasteiger partial charge on any atom is -0.382 e. The summed E-state index contributed by atoms with van der Waals surface area (Å²) in [5.74, 6) is 1.59. The summed E-state index contributed by atoms with van der Waals surface area (Å²) in [6.45, 7) is 23.3. The van der Waals surface area contributed by atoms with Crippen molar-refractivity contribution in [1.82, 2.24) is 55.3 Å². The number of ether oxygens (including phenoxy) is 23. The van der Waals surface area contributed by atoms with Crippen molar-refractivity contribution in [1.29, 1.82) is 0 Å². The van der Waals surface area contributed by atoms with Crippen LogP contribution in [0.4, 0.5) is 11.5 Å². The molecule has 0 bridgehead atoms. The Labute approximate surface area is 770 Å². The van der Waals surface area contributed by atoms with Crippen LogP contribution in [0.2, 0.25) is 5.02 Å². The van der Waals surface area contributed by atoms with Crippen molar-refractivity contribution in [2.24, 2.45) is 0 Å². The Hall–Kier alpha value is -6.70. The minimum atomic E-state index is -3.64. The molecule has 0 saturated carbocycles. The van der Waals surface area contributed by atoms with E-state index in [2.05, 4.69) is 41.8 Å². The predicted octanol–water partition coefficient (Wildman–Crippen LogP) is 2.27. The third-order valence-electron chi connectivity index (χ3n) is 19.1. The summed E-state index contributed by atoms with van der Waals surface area (Å²) in [7, 11) is -2.01. The van der Waals surface area contributed by atoms with E-state index in [0.717, 1.165) is 75.1 Å². The van der Waals surface area contributed by atoms with Crippen LogP contribution in [0, 0.1) is 19.3 Å². The van der Waals surface area contributed by atoms with Crippen molar-refractivity contribution in [3.63, 3.8) is 0 Å². The number of amides is 4. The summed E-state index contributed by atoms with van der Waals surface area (Å²) in [5, 5.41) is 22.8. The highest BCUT2D eigenvalue weighted by Crippen LogP contribution is 2.35. The number of halogens is 1. The summed E-state index contributed by atoms with van der Waals surface area (Å²) in [4.78, 5) is 64.1. The number of methoxy groups -OCH3 is 1. The van der Waals surface area contributed by atoms with Gasteiger partial charge in [0.2, 0.25) is 27.7 Å². The number of anilines is 2. The normalized spacial score (nSPS) is 14.2. The van der Waals surface area contributed by atoms with Crippen LogP contribution in [-0.4, -0.2) is 434 Å². The molecular weight excluding hydrogens is 1750 g/mol. The van der Waals surface area contributed by atoms with E-state index >= 15 is 0 Å². The molecule has 4 aromatic rings. The number of aromatic nitrogens is 6. The molecule has 0 spiro atoms. The second-order valence-electron chi connectivity index (χ2n) is 29.5. The molecule has 4 amide bonds. The minimum absolute atomic E-state index is 0.0438. The van der Waals surface area contributed by atoms with Gasteiger partial charge in [-0.25, -0.2) is 17.9 Å². The summed E-state index contributed by atoms with van der Waals surface area (Å²) < 4.78 is 157. The van der Waals surface area contributed by atoms with Gasteiger partial charge in [-0.3, -0.25) is 28.6 Å². The molecule has 42 nitrogen and oxygen atoms in total. The Kier molecular flexibility index (Phi) is 64.3. The predicted molar refractivity (Wildman–Crippen MR) is 478 cm³/mol. The number of aryl methyl sites for hydroxylation is 1. The van der Waals surface area contributed by atoms with Gasteiger partial charge in [0.15, 0.2) is 5.65 Å². The molecule has 6 rings (SSSR count). The van der Waals surface area contributed by atoms with E-state index in [0.29, 0.717) is 286 Å². The van der Waals surface area contributed by atoms with Crippen molar-refractivity contribution in [3.8, 4) is 12.3 Å². The maximum Gasteiger partial charge on any atom is 0.256 e. The van der Waals surface area contributed by atoms with E-state index in [9.17, 15) is 27.6 Å². The average Bonchev–Trinajstić information content (AvgIpc) is 1.62. The fourth-order valence-corrected chi connectivity index (χ4v) is 13.5. The van der Waals surface area contributed by atoms with E-state index in [1.54, 1.807) is 33.5 Å². The Morgan fingerprint density at radius 2 is 0.977 bits per heavy atom. The molecule has 0 aliphatic carbocycles. The lowest BCUT2D eigenvalue weighted by atomic mass is 9.98. The molecule has 740 valence electrons. The molecule has 2 fully saturated rings. The van der Waals surface area contributed by atoms with Gasteiger partial charge < -0.3 is 140 Å². The molecule has 2 atom stereocenters. The van der Waals surface area contributed by atoms with E-state index in [1.807, 2.05) is 19.2 Å². The summed E-state index contributed by atoms with van der Waals surface area (Å²) in [6.07, 6.45) is 15.2. The third kappa shape index (κ3) is 54.6. The fourth-order valence-electron chi connectivity index (χ4n) is 12.7. The lowest BCUT2D eigenvalue weighted by Gasteiger charge is -2.35. The molecule has 1 aromatic carbocycles. The van der Waals surface area contributed by atoms with Crippen LogP contribution in [0.15, 0.2) is 36.7 Å². The van der Waals surface area contributed by atoms with Gasteiger partial charge in [-0.15, -0.1) is 11.5 Å². The molecule has 4 N–H and O–H groups in total. The number of carbonyl (C=O) groups excluding carboxylic acids is 4. The zero-order valence-electron chi connectivity index (χ0n) is 76.5. The van der Waals surface area contributed by atoms with E-state index in [4.69, 9.17) is 137 Å². The van der Waals surface area contributed by atoms with Gasteiger partial charge in [0.05, 0.1) is 333 Å². The molecule has 2 aliphatic heterocycles. The molecule has 0 unspecified atom stereocenters. The van der Waals surface area contributed by atoms with Crippen molar-refractivity contribution in [3.05, 3.63) is 64.2 Å². The van der Waals surface area contributed by atoms with Gasteiger partial charge in [-0.05, 0) is 70.2 Å². The fraction of sp³-hybridized carbons (Fsp3) is 0.767. The third-order valence-corrected chi connectivity index (χ3v) is 19.9. The highest BCUT2D eigenvalue weighted by molar-refractivity contribution is 7.92. The smallest absolute Gasteiger partial charge is 0.256 e. The second kappa shape index (κ2) is 74.6. The number of terminal acetylenes is 1. The number of sulfonamides is 1. The lowest BCUT2D eigenvalue weighted by molar-refractivity contribution is -0.140. The molecular formula is C86H144ClN13O29S. The number of nitrogens with one attached hydrogen (secondary N) is 4. The monoisotopic (exact) mass is 1890 g/mol. The first-order valence-corrected chi connectivity index (χ1v) is 47.2. The highest BCUT2D eigenvalue weighted by Gasteiger charge is 2.33. The van der Waals surface area contributed by atoms with Crippen LogP contribution in [0.3, 0.4) is 0 Å². The van der Waals surface area contributed by atoms with Gasteiger partial charge in [0.25, 0.3) is 5.91 Å². The Morgan fingerprint density at radius 3 is 1.46 bits per heavy atom. The largest absolute Gasteiger partial charge is 0.382 e. The molecule has 5 heterocycles. The molecule has 44 heteroatoms. The van der Waals surface area contributed by atoms with Crippen molar-refractivity contribution >= 4 is 62.4 Å². The van der Waals surface area contributed by atoms with Crippen molar-refractivity contribution in [2.45, 2.75) is 77.1 Å². The number of nitrogens with zero attached hydrogens (tertiary/aromatic N) is 9. The molecule has 2 saturated heterocycles. The van der Waals surface area contributed by atoms with Crippen molar-refractivity contribution < 1.29 is 137 Å². The van der Waals surface area contributed by atoms with Crippen molar-refractivity contribution in [2.75, 3.05) is 366 Å². The first kappa shape index (κ1) is 112. The Bertz CT molecular complexity index is 3730. The van der Waals surface area contributed by atoms with Crippen LogP contribution in [0.1, 0.15) is 78.3 Å². The number of fused-ring (bicyclic) bond motifs is 1. The number of likely N-dealkylation sites (tertiary alicyclic amines) is 1. The van der Waals surface area contributed by atoms with E-state index < -0.39 is 27.7 Å². The summed E-state index contributed by atoms with van der Waals surface area (Å²) in [5.41, 5.74) is 3.39. The second-order valence-corrected chi connectivity index (χ2v) is 31.7. The van der Waals surface area contributed by atoms with Gasteiger partial charge in [-0.2, -0.15) is 5.10 Å². The molecule has 2 aliphatic rings. The number of piperidine rings is 1. The van der Waals surface area contributed by atoms with Crippen LogP contribution < -0.4 is 25.6 Å². The molecule has 130 heavy (non-hydrogen) atoms.